The number of piperazine rings is 1. The summed E-state index contributed by atoms with van der Waals surface area (Å²) in [6.07, 6.45) is 4.52. The minimum atomic E-state index is -0.0265. The Morgan fingerprint density at radius 2 is 1.27 bits per heavy atom. The van der Waals surface area contributed by atoms with Crippen molar-refractivity contribution < 1.29 is 14.3 Å². The summed E-state index contributed by atoms with van der Waals surface area (Å²) in [7, 11) is 0. The molecule has 6 heteroatoms. The van der Waals surface area contributed by atoms with Crippen LogP contribution in [0.3, 0.4) is 0 Å². The number of nitrogens with zero attached hydrogens (tertiary/aromatic N) is 3. The fourth-order valence-corrected chi connectivity index (χ4v) is 3.58. The largest absolute Gasteiger partial charge is 0.368 e. The highest BCUT2D eigenvalue weighted by molar-refractivity contribution is 5.80. The number of hydrogen-bond acceptors (Lipinski definition) is 4. The lowest BCUT2D eigenvalue weighted by molar-refractivity contribution is -0.142. The molecule has 0 radical (unpaired) electrons. The molecule has 0 spiro atoms. The smallest absolute Gasteiger partial charge is 0.248 e. The zero-order chi connectivity index (χ0) is 18.2. The molecular formula is C20H29N3O3. The molecule has 2 fully saturated rings. The monoisotopic (exact) mass is 359 g/mol. The lowest BCUT2D eigenvalue weighted by Gasteiger charge is -2.36. The van der Waals surface area contributed by atoms with E-state index in [0.29, 0.717) is 13.1 Å². The molecule has 2 aliphatic heterocycles. The van der Waals surface area contributed by atoms with Crippen LogP contribution in [-0.4, -0.2) is 74.1 Å². The van der Waals surface area contributed by atoms with E-state index in [1.54, 1.807) is 0 Å². The van der Waals surface area contributed by atoms with Gasteiger partial charge in [-0.25, -0.2) is 0 Å². The van der Waals surface area contributed by atoms with Crippen LogP contribution in [0.15, 0.2) is 30.3 Å². The maximum atomic E-state index is 12.3. The van der Waals surface area contributed by atoms with E-state index < -0.39 is 0 Å². The molecule has 0 aliphatic carbocycles. The lowest BCUT2D eigenvalue weighted by Crippen LogP contribution is -2.50. The Bertz CT molecular complexity index is 577. The molecule has 142 valence electrons. The number of rotatable bonds is 5. The van der Waals surface area contributed by atoms with Crippen LogP contribution >= 0.6 is 0 Å². The van der Waals surface area contributed by atoms with Crippen molar-refractivity contribution in [1.82, 2.24) is 9.80 Å². The lowest BCUT2D eigenvalue weighted by atomic mass is 10.2. The normalized spacial score (nSPS) is 18.5. The minimum absolute atomic E-state index is 0.00796. The number of carbonyl (C=O) groups is 2. The second-order valence-corrected chi connectivity index (χ2v) is 6.99. The molecule has 0 bridgehead atoms. The van der Waals surface area contributed by atoms with E-state index in [1.165, 1.54) is 18.5 Å². The number of hydrogen-bond donors (Lipinski definition) is 0. The average Bonchev–Trinajstić information content (AvgIpc) is 2.98. The predicted molar refractivity (Wildman–Crippen MR) is 101 cm³/mol. The van der Waals surface area contributed by atoms with Gasteiger partial charge in [0.05, 0.1) is 0 Å². The quantitative estimate of drug-likeness (QED) is 0.804. The molecule has 2 heterocycles. The van der Waals surface area contributed by atoms with Crippen molar-refractivity contribution >= 4 is 17.5 Å². The van der Waals surface area contributed by atoms with Crippen LogP contribution in [0.5, 0.6) is 0 Å². The molecule has 3 rings (SSSR count). The Morgan fingerprint density at radius 3 is 1.85 bits per heavy atom. The number of benzene rings is 1. The Labute approximate surface area is 155 Å². The van der Waals surface area contributed by atoms with Gasteiger partial charge >= 0.3 is 0 Å². The molecule has 0 N–H and O–H groups in total. The highest BCUT2D eigenvalue weighted by Gasteiger charge is 2.22. The Hall–Kier alpha value is -2.08. The molecule has 0 aromatic heterocycles. The van der Waals surface area contributed by atoms with Crippen molar-refractivity contribution in [3.63, 3.8) is 0 Å². The second kappa shape index (κ2) is 9.57. The number of ether oxygens (including phenoxy) is 1. The topological polar surface area (TPSA) is 53.1 Å². The average molecular weight is 359 g/mol. The van der Waals surface area contributed by atoms with Crippen molar-refractivity contribution in [2.24, 2.45) is 0 Å². The summed E-state index contributed by atoms with van der Waals surface area (Å²) in [5.41, 5.74) is 1.19. The first-order valence-electron chi connectivity index (χ1n) is 9.67. The van der Waals surface area contributed by atoms with Crippen molar-refractivity contribution in [1.29, 1.82) is 0 Å². The fourth-order valence-electron chi connectivity index (χ4n) is 3.58. The Balaban J connectivity index is 1.36. The molecule has 26 heavy (non-hydrogen) atoms. The summed E-state index contributed by atoms with van der Waals surface area (Å²) in [6, 6.07) is 10.3. The first kappa shape index (κ1) is 18.7. The molecule has 0 saturated carbocycles. The summed E-state index contributed by atoms with van der Waals surface area (Å²) < 4.78 is 5.42. The molecule has 1 aromatic carbocycles. The predicted octanol–water partition coefficient (Wildman–Crippen LogP) is 1.75. The molecule has 1 aromatic rings. The van der Waals surface area contributed by atoms with Crippen molar-refractivity contribution in [3.8, 4) is 0 Å². The van der Waals surface area contributed by atoms with E-state index in [0.717, 1.165) is 39.0 Å². The number of anilines is 1. The standard InChI is InChI=1S/C20H29N3O3/c24-19(22-10-6-1-2-7-11-22)16-26-17-20(25)23-14-12-21(13-15-23)18-8-4-3-5-9-18/h3-5,8-9H,1-2,6-7,10-17H2. The number of likely N-dealkylation sites (tertiary alicyclic amines) is 1. The van der Waals surface area contributed by atoms with Crippen LogP contribution < -0.4 is 4.90 Å². The van der Waals surface area contributed by atoms with Gasteiger partial charge in [-0.15, -0.1) is 0 Å². The maximum absolute atomic E-state index is 12.3. The van der Waals surface area contributed by atoms with Gasteiger partial charge in [0.15, 0.2) is 0 Å². The van der Waals surface area contributed by atoms with Gasteiger partial charge in [0.1, 0.15) is 13.2 Å². The maximum Gasteiger partial charge on any atom is 0.248 e. The molecule has 2 aliphatic rings. The number of amides is 2. The van der Waals surface area contributed by atoms with Crippen LogP contribution in [-0.2, 0) is 14.3 Å². The molecule has 2 amide bonds. The van der Waals surface area contributed by atoms with E-state index >= 15 is 0 Å². The Kier molecular flexibility index (Phi) is 6.89. The third-order valence-corrected chi connectivity index (χ3v) is 5.16. The molecular weight excluding hydrogens is 330 g/mol. The summed E-state index contributed by atoms with van der Waals surface area (Å²) in [6.45, 7) is 4.66. The Morgan fingerprint density at radius 1 is 0.731 bits per heavy atom. The number of carbonyl (C=O) groups excluding carboxylic acids is 2. The van der Waals surface area contributed by atoms with Crippen molar-refractivity contribution in [3.05, 3.63) is 30.3 Å². The minimum Gasteiger partial charge on any atom is -0.368 e. The summed E-state index contributed by atoms with van der Waals surface area (Å²) >= 11 is 0. The van der Waals surface area contributed by atoms with Gasteiger partial charge in [-0.1, -0.05) is 31.0 Å². The van der Waals surface area contributed by atoms with Crippen molar-refractivity contribution in [2.45, 2.75) is 25.7 Å². The van der Waals surface area contributed by atoms with Crippen LogP contribution in [0, 0.1) is 0 Å². The van der Waals surface area contributed by atoms with E-state index in [1.807, 2.05) is 28.0 Å². The van der Waals surface area contributed by atoms with Gasteiger partial charge in [0, 0.05) is 45.0 Å². The van der Waals surface area contributed by atoms with Crippen molar-refractivity contribution in [2.75, 3.05) is 57.4 Å². The van der Waals surface area contributed by atoms with E-state index in [2.05, 4.69) is 17.0 Å². The van der Waals surface area contributed by atoms with Crippen LogP contribution in [0.2, 0.25) is 0 Å². The number of para-hydroxylation sites is 1. The molecule has 0 unspecified atom stereocenters. The van der Waals surface area contributed by atoms with Crippen LogP contribution in [0.4, 0.5) is 5.69 Å². The zero-order valence-electron chi connectivity index (χ0n) is 15.4. The summed E-state index contributed by atoms with van der Waals surface area (Å²) in [5, 5.41) is 0. The van der Waals surface area contributed by atoms with Gasteiger partial charge in [-0.2, -0.15) is 0 Å². The van der Waals surface area contributed by atoms with E-state index in [4.69, 9.17) is 4.74 Å². The van der Waals surface area contributed by atoms with Gasteiger partial charge in [-0.3, -0.25) is 9.59 Å². The van der Waals surface area contributed by atoms with Gasteiger partial charge in [0.2, 0.25) is 11.8 Å². The summed E-state index contributed by atoms with van der Waals surface area (Å²) in [5.74, 6) is -0.0185. The third kappa shape index (κ3) is 5.21. The zero-order valence-corrected chi connectivity index (χ0v) is 15.4. The van der Waals surface area contributed by atoms with Gasteiger partial charge in [-0.05, 0) is 25.0 Å². The van der Waals surface area contributed by atoms with E-state index in [-0.39, 0.29) is 25.0 Å². The van der Waals surface area contributed by atoms with Gasteiger partial charge in [0.25, 0.3) is 0 Å². The molecule has 0 atom stereocenters. The highest BCUT2D eigenvalue weighted by Crippen LogP contribution is 2.15. The van der Waals surface area contributed by atoms with Crippen LogP contribution in [0.1, 0.15) is 25.7 Å². The van der Waals surface area contributed by atoms with Crippen LogP contribution in [0.25, 0.3) is 0 Å². The first-order chi connectivity index (χ1) is 12.7. The first-order valence-corrected chi connectivity index (χ1v) is 9.67. The second-order valence-electron chi connectivity index (χ2n) is 6.99. The fraction of sp³-hybridized carbons (Fsp3) is 0.600. The molecule has 6 nitrogen and oxygen atoms in total. The SMILES string of the molecule is O=C(COCC(=O)N1CCN(c2ccccc2)CC1)N1CCCCCC1. The summed E-state index contributed by atoms with van der Waals surface area (Å²) in [4.78, 5) is 30.5. The van der Waals surface area contributed by atoms with Gasteiger partial charge < -0.3 is 19.4 Å². The third-order valence-electron chi connectivity index (χ3n) is 5.16. The molecule has 2 saturated heterocycles. The highest BCUT2D eigenvalue weighted by atomic mass is 16.5. The van der Waals surface area contributed by atoms with E-state index in [9.17, 15) is 9.59 Å².